The third-order valence-electron chi connectivity index (χ3n) is 4.25. The van der Waals surface area contributed by atoms with Crippen LogP contribution in [0.5, 0.6) is 0 Å². The summed E-state index contributed by atoms with van der Waals surface area (Å²) < 4.78 is 17.7. The van der Waals surface area contributed by atoms with Gasteiger partial charge in [0.25, 0.3) is 0 Å². The second-order valence-corrected chi connectivity index (χ2v) is 7.24. The molecule has 0 aromatic rings. The molecular weight excluding hydrogens is 372 g/mol. The van der Waals surface area contributed by atoms with Crippen molar-refractivity contribution in [1.82, 2.24) is 21.3 Å². The summed E-state index contributed by atoms with van der Waals surface area (Å²) in [5.41, 5.74) is -0.666. The molecule has 8 nitrogen and oxygen atoms in total. The van der Waals surface area contributed by atoms with E-state index in [1.165, 1.54) is 6.92 Å². The molecule has 0 rings (SSSR count). The fraction of sp³-hybridized carbons (Fsp3) is 0.952. The van der Waals surface area contributed by atoms with Gasteiger partial charge < -0.3 is 35.5 Å². The Balaban J connectivity index is 4.59. The van der Waals surface area contributed by atoms with Gasteiger partial charge in [0, 0.05) is 26.7 Å². The fourth-order valence-electron chi connectivity index (χ4n) is 2.84. The number of hydrogen-bond donors (Lipinski definition) is 4. The lowest BCUT2D eigenvalue weighted by Crippen LogP contribution is -2.58. The molecule has 0 aliphatic heterocycles. The zero-order valence-electron chi connectivity index (χ0n) is 19.2. The quantitative estimate of drug-likeness (QED) is 0.194. The molecule has 8 heteroatoms. The second-order valence-electron chi connectivity index (χ2n) is 7.24. The zero-order chi connectivity index (χ0) is 21.6. The molecule has 0 aliphatic rings. The first-order chi connectivity index (χ1) is 14.1. The Hall–Kier alpha value is -0.770. The highest BCUT2D eigenvalue weighted by molar-refractivity contribution is 5.73. The van der Waals surface area contributed by atoms with Crippen LogP contribution in [-0.2, 0) is 19.0 Å². The van der Waals surface area contributed by atoms with Crippen LogP contribution < -0.4 is 21.3 Å². The van der Waals surface area contributed by atoms with E-state index in [1.54, 1.807) is 0 Å². The summed E-state index contributed by atoms with van der Waals surface area (Å²) >= 11 is 0. The largest absolute Gasteiger partial charge is 0.379 e. The van der Waals surface area contributed by atoms with Gasteiger partial charge in [-0.05, 0) is 58.5 Å². The average molecular weight is 419 g/mol. The van der Waals surface area contributed by atoms with Gasteiger partial charge >= 0.3 is 0 Å². The summed E-state index contributed by atoms with van der Waals surface area (Å²) in [7, 11) is 0. The number of carbonyl (C=O) groups excluding carboxylic acids is 1. The van der Waals surface area contributed by atoms with Gasteiger partial charge in [0.05, 0.1) is 19.8 Å². The van der Waals surface area contributed by atoms with Gasteiger partial charge in [-0.3, -0.25) is 4.79 Å². The molecule has 0 aliphatic carbocycles. The highest BCUT2D eigenvalue weighted by atomic mass is 16.5. The van der Waals surface area contributed by atoms with Crippen LogP contribution in [0.15, 0.2) is 0 Å². The molecule has 0 heterocycles. The van der Waals surface area contributed by atoms with Crippen molar-refractivity contribution < 1.29 is 19.0 Å². The van der Waals surface area contributed by atoms with Crippen molar-refractivity contribution in [3.63, 3.8) is 0 Å². The summed E-state index contributed by atoms with van der Waals surface area (Å²) in [5.74, 6) is -0.103. The predicted molar refractivity (Wildman–Crippen MR) is 118 cm³/mol. The lowest BCUT2D eigenvalue weighted by molar-refractivity contribution is -0.125. The molecule has 0 spiro atoms. The van der Waals surface area contributed by atoms with Gasteiger partial charge in [0.15, 0.2) is 0 Å². The van der Waals surface area contributed by atoms with E-state index in [-0.39, 0.29) is 5.91 Å². The predicted octanol–water partition coefficient (Wildman–Crippen LogP) is 0.910. The van der Waals surface area contributed by atoms with E-state index in [0.29, 0.717) is 39.6 Å². The monoisotopic (exact) mass is 418 g/mol. The maximum absolute atomic E-state index is 11.9. The second kappa shape index (κ2) is 20.5. The Bertz CT molecular complexity index is 332. The van der Waals surface area contributed by atoms with Crippen LogP contribution in [0.4, 0.5) is 0 Å². The summed E-state index contributed by atoms with van der Waals surface area (Å²) in [6.07, 6.45) is 2.78. The molecule has 1 amide bonds. The van der Waals surface area contributed by atoms with E-state index in [0.717, 1.165) is 58.5 Å². The first kappa shape index (κ1) is 28.2. The minimum Gasteiger partial charge on any atom is -0.379 e. The molecule has 0 unspecified atom stereocenters. The molecule has 4 N–H and O–H groups in total. The molecular formula is C21H46N4O4. The van der Waals surface area contributed by atoms with Gasteiger partial charge in [-0.15, -0.1) is 0 Å². The van der Waals surface area contributed by atoms with Crippen molar-refractivity contribution in [3.8, 4) is 0 Å². The van der Waals surface area contributed by atoms with E-state index >= 15 is 0 Å². The van der Waals surface area contributed by atoms with Gasteiger partial charge in [0.2, 0.25) is 5.91 Å². The topological polar surface area (TPSA) is 92.9 Å². The highest BCUT2D eigenvalue weighted by Crippen LogP contribution is 2.10. The van der Waals surface area contributed by atoms with E-state index in [9.17, 15) is 4.79 Å². The minimum absolute atomic E-state index is 0.103. The molecule has 0 radical (unpaired) electrons. The number of hydrogen-bond acceptors (Lipinski definition) is 7. The van der Waals surface area contributed by atoms with Gasteiger partial charge in [0.1, 0.15) is 5.54 Å². The van der Waals surface area contributed by atoms with E-state index in [4.69, 9.17) is 14.2 Å². The van der Waals surface area contributed by atoms with Crippen molar-refractivity contribution in [2.45, 2.75) is 52.5 Å². The highest BCUT2D eigenvalue weighted by Gasteiger charge is 2.32. The Kier molecular flexibility index (Phi) is 20.0. The van der Waals surface area contributed by atoms with Crippen molar-refractivity contribution in [1.29, 1.82) is 0 Å². The lowest BCUT2D eigenvalue weighted by atomic mass is 10.0. The van der Waals surface area contributed by atoms with Crippen molar-refractivity contribution >= 4 is 5.91 Å². The third kappa shape index (κ3) is 17.8. The molecule has 0 fully saturated rings. The van der Waals surface area contributed by atoms with Gasteiger partial charge in [-0.25, -0.2) is 0 Å². The summed E-state index contributed by atoms with van der Waals surface area (Å²) in [6, 6.07) is 0. The smallest absolute Gasteiger partial charge is 0.217 e. The molecule has 0 atom stereocenters. The summed E-state index contributed by atoms with van der Waals surface area (Å²) in [6.45, 7) is 16.4. The average Bonchev–Trinajstić information content (AvgIpc) is 2.69. The van der Waals surface area contributed by atoms with Crippen molar-refractivity contribution in [2.24, 2.45) is 0 Å². The van der Waals surface area contributed by atoms with Crippen LogP contribution in [0.3, 0.4) is 0 Å². The van der Waals surface area contributed by atoms with Crippen LogP contribution in [0, 0.1) is 0 Å². The summed E-state index contributed by atoms with van der Waals surface area (Å²) in [5, 5.41) is 12.9. The summed E-state index contributed by atoms with van der Waals surface area (Å²) in [4.78, 5) is 11.9. The maximum atomic E-state index is 11.9. The maximum Gasteiger partial charge on any atom is 0.217 e. The molecule has 174 valence electrons. The van der Waals surface area contributed by atoms with E-state index in [2.05, 4.69) is 42.0 Å². The Morgan fingerprint density at radius 1 is 0.690 bits per heavy atom. The number of ether oxygens (including phenoxy) is 3. The molecule has 0 aromatic carbocycles. The number of nitrogens with one attached hydrogen (secondary N) is 4. The van der Waals surface area contributed by atoms with Crippen LogP contribution >= 0.6 is 0 Å². The first-order valence-corrected chi connectivity index (χ1v) is 11.2. The SMILES string of the molecule is CCNCCCOCC(COCCCNCC)(COCCCNCC)NC(C)=O. The fourth-order valence-corrected chi connectivity index (χ4v) is 2.84. The molecule has 0 bridgehead atoms. The van der Waals surface area contributed by atoms with Gasteiger partial charge in [-0.1, -0.05) is 20.8 Å². The molecule has 0 aromatic heterocycles. The van der Waals surface area contributed by atoms with E-state index in [1.807, 2.05) is 0 Å². The van der Waals surface area contributed by atoms with Crippen LogP contribution in [0.2, 0.25) is 0 Å². The Labute approximate surface area is 178 Å². The van der Waals surface area contributed by atoms with E-state index < -0.39 is 5.54 Å². The minimum atomic E-state index is -0.666. The first-order valence-electron chi connectivity index (χ1n) is 11.2. The molecule has 29 heavy (non-hydrogen) atoms. The van der Waals surface area contributed by atoms with Crippen LogP contribution in [-0.4, -0.2) is 90.4 Å². The van der Waals surface area contributed by atoms with Crippen LogP contribution in [0.25, 0.3) is 0 Å². The van der Waals surface area contributed by atoms with Gasteiger partial charge in [-0.2, -0.15) is 0 Å². The number of amides is 1. The Morgan fingerprint density at radius 3 is 1.31 bits per heavy atom. The molecule has 0 saturated carbocycles. The van der Waals surface area contributed by atoms with Crippen molar-refractivity contribution in [3.05, 3.63) is 0 Å². The number of rotatable bonds is 22. The third-order valence-corrected chi connectivity index (χ3v) is 4.25. The lowest BCUT2D eigenvalue weighted by Gasteiger charge is -2.34. The zero-order valence-corrected chi connectivity index (χ0v) is 19.2. The van der Waals surface area contributed by atoms with Crippen molar-refractivity contribution in [2.75, 3.05) is 78.9 Å². The molecule has 0 saturated heterocycles. The number of carbonyl (C=O) groups is 1. The normalized spacial score (nSPS) is 11.7. The Morgan fingerprint density at radius 2 is 1.03 bits per heavy atom. The standard InChI is InChI=1S/C21H46N4O4/c1-5-22-11-8-14-27-17-21(25-20(4)26,18-28-15-9-12-23-6-2)19-29-16-10-13-24-7-3/h22-24H,5-19H2,1-4H3,(H,25,26). The van der Waals surface area contributed by atoms with Crippen LogP contribution in [0.1, 0.15) is 47.0 Å².